The van der Waals surface area contributed by atoms with Crippen LogP contribution in [0.4, 0.5) is 0 Å². The van der Waals surface area contributed by atoms with Gasteiger partial charge in [0.25, 0.3) is 0 Å². The van der Waals surface area contributed by atoms with Crippen LogP contribution < -0.4 is 0 Å². The molecule has 72 valence electrons. The van der Waals surface area contributed by atoms with E-state index in [4.69, 9.17) is 9.84 Å². The molecule has 1 aliphatic carbocycles. The second-order valence-corrected chi connectivity index (χ2v) is 3.81. The lowest BCUT2D eigenvalue weighted by molar-refractivity contribution is -0.142. The van der Waals surface area contributed by atoms with E-state index in [0.29, 0.717) is 19.4 Å². The molecule has 1 aliphatic heterocycles. The van der Waals surface area contributed by atoms with E-state index >= 15 is 0 Å². The van der Waals surface area contributed by atoms with Gasteiger partial charge in [-0.1, -0.05) is 0 Å². The summed E-state index contributed by atoms with van der Waals surface area (Å²) in [5, 5.41) is 8.77. The number of carbonyl (C=O) groups is 2. The first-order valence-electron chi connectivity index (χ1n) is 4.54. The maximum atomic E-state index is 11.5. The summed E-state index contributed by atoms with van der Waals surface area (Å²) in [6, 6.07) is 0. The highest BCUT2D eigenvalue weighted by Crippen LogP contribution is 2.41. The summed E-state index contributed by atoms with van der Waals surface area (Å²) in [5.74, 6) is -1.41. The Morgan fingerprint density at radius 1 is 1.62 bits per heavy atom. The predicted molar refractivity (Wildman–Crippen MR) is 43.3 cm³/mol. The standard InChI is InChI=1S/C9H12O4/c10-7-4-6(8(11)12)5-9(7)2-1-3-13-9/h6H,1-5H2,(H,11,12). The zero-order chi connectivity index (χ0) is 9.47. The van der Waals surface area contributed by atoms with Crippen LogP contribution in [0.3, 0.4) is 0 Å². The van der Waals surface area contributed by atoms with Gasteiger partial charge >= 0.3 is 5.97 Å². The van der Waals surface area contributed by atoms with Crippen molar-refractivity contribution in [3.63, 3.8) is 0 Å². The summed E-state index contributed by atoms with van der Waals surface area (Å²) in [6.45, 7) is 0.595. The molecule has 0 aromatic rings. The number of carboxylic acids is 1. The Kier molecular flexibility index (Phi) is 1.87. The summed E-state index contributed by atoms with van der Waals surface area (Å²) in [4.78, 5) is 22.2. The molecule has 2 unspecified atom stereocenters. The second-order valence-electron chi connectivity index (χ2n) is 3.81. The third kappa shape index (κ3) is 1.25. The minimum Gasteiger partial charge on any atom is -0.481 e. The summed E-state index contributed by atoms with van der Waals surface area (Å²) in [6.07, 6.45) is 2.10. The molecule has 0 aromatic heterocycles. The SMILES string of the molecule is O=C(O)C1CC(=O)C2(CCCO2)C1. The lowest BCUT2D eigenvalue weighted by Crippen LogP contribution is -2.32. The van der Waals surface area contributed by atoms with Crippen LogP contribution in [0.1, 0.15) is 25.7 Å². The first-order chi connectivity index (χ1) is 6.14. The Hall–Kier alpha value is -0.900. The molecule has 1 saturated heterocycles. The van der Waals surface area contributed by atoms with Gasteiger partial charge in [-0.3, -0.25) is 9.59 Å². The minimum atomic E-state index is -0.874. The monoisotopic (exact) mass is 184 g/mol. The van der Waals surface area contributed by atoms with Crippen molar-refractivity contribution >= 4 is 11.8 Å². The fourth-order valence-electron chi connectivity index (χ4n) is 2.25. The van der Waals surface area contributed by atoms with Crippen molar-refractivity contribution in [2.75, 3.05) is 6.61 Å². The van der Waals surface area contributed by atoms with E-state index in [0.717, 1.165) is 6.42 Å². The van der Waals surface area contributed by atoms with Gasteiger partial charge < -0.3 is 9.84 Å². The van der Waals surface area contributed by atoms with E-state index in [9.17, 15) is 9.59 Å². The first-order valence-corrected chi connectivity index (χ1v) is 4.54. The molecule has 1 N–H and O–H groups in total. The number of hydrogen-bond donors (Lipinski definition) is 1. The highest BCUT2D eigenvalue weighted by Gasteiger charge is 2.51. The topological polar surface area (TPSA) is 63.6 Å². The molecule has 4 heteroatoms. The van der Waals surface area contributed by atoms with Crippen LogP contribution in [0.25, 0.3) is 0 Å². The molecule has 2 rings (SSSR count). The van der Waals surface area contributed by atoms with Gasteiger partial charge in [0, 0.05) is 13.0 Å². The molecule has 0 bridgehead atoms. The van der Waals surface area contributed by atoms with E-state index in [1.165, 1.54) is 0 Å². The van der Waals surface area contributed by atoms with Gasteiger partial charge in [-0.05, 0) is 19.3 Å². The van der Waals surface area contributed by atoms with E-state index in [2.05, 4.69) is 0 Å². The fraction of sp³-hybridized carbons (Fsp3) is 0.778. The highest BCUT2D eigenvalue weighted by atomic mass is 16.5. The summed E-state index contributed by atoms with van der Waals surface area (Å²) >= 11 is 0. The molecule has 0 aromatic carbocycles. The Morgan fingerprint density at radius 3 is 2.85 bits per heavy atom. The smallest absolute Gasteiger partial charge is 0.307 e. The Morgan fingerprint density at radius 2 is 2.38 bits per heavy atom. The van der Waals surface area contributed by atoms with Gasteiger partial charge in [-0.2, -0.15) is 0 Å². The maximum absolute atomic E-state index is 11.5. The van der Waals surface area contributed by atoms with Crippen LogP contribution in [-0.4, -0.2) is 29.1 Å². The normalized spacial score (nSPS) is 38.8. The Balaban J connectivity index is 2.15. The number of ether oxygens (including phenoxy) is 1. The van der Waals surface area contributed by atoms with Crippen molar-refractivity contribution in [1.29, 1.82) is 0 Å². The van der Waals surface area contributed by atoms with Crippen LogP contribution in [0.15, 0.2) is 0 Å². The van der Waals surface area contributed by atoms with Crippen LogP contribution in [-0.2, 0) is 14.3 Å². The highest BCUT2D eigenvalue weighted by molar-refractivity contribution is 5.94. The molecule has 1 saturated carbocycles. The number of Topliss-reactive ketones (excluding diaryl/α,β-unsaturated/α-hetero) is 1. The molecular weight excluding hydrogens is 172 g/mol. The largest absolute Gasteiger partial charge is 0.481 e. The van der Waals surface area contributed by atoms with Crippen molar-refractivity contribution in [3.05, 3.63) is 0 Å². The first kappa shape index (κ1) is 8.69. The van der Waals surface area contributed by atoms with E-state index in [1.54, 1.807) is 0 Å². The lowest BCUT2D eigenvalue weighted by atomic mass is 9.96. The van der Waals surface area contributed by atoms with Gasteiger partial charge in [-0.25, -0.2) is 0 Å². The lowest BCUT2D eigenvalue weighted by Gasteiger charge is -2.19. The average Bonchev–Trinajstić information content (AvgIpc) is 2.63. The molecular formula is C9H12O4. The van der Waals surface area contributed by atoms with Crippen molar-refractivity contribution in [1.82, 2.24) is 0 Å². The third-order valence-corrected chi connectivity index (χ3v) is 2.97. The number of rotatable bonds is 1. The molecule has 2 aliphatic rings. The van der Waals surface area contributed by atoms with Crippen molar-refractivity contribution in [3.8, 4) is 0 Å². The number of carbonyl (C=O) groups excluding carboxylic acids is 1. The van der Waals surface area contributed by atoms with Gasteiger partial charge in [0.2, 0.25) is 0 Å². The number of aliphatic carboxylic acids is 1. The summed E-state index contributed by atoms with van der Waals surface area (Å²) in [5.41, 5.74) is -0.719. The van der Waals surface area contributed by atoms with Crippen LogP contribution in [0.2, 0.25) is 0 Å². The summed E-state index contributed by atoms with van der Waals surface area (Å²) < 4.78 is 5.38. The van der Waals surface area contributed by atoms with E-state index < -0.39 is 17.5 Å². The average molecular weight is 184 g/mol. The van der Waals surface area contributed by atoms with Gasteiger partial charge in [-0.15, -0.1) is 0 Å². The molecule has 1 spiro atoms. The summed E-state index contributed by atoms with van der Waals surface area (Å²) in [7, 11) is 0. The minimum absolute atomic E-state index is 0.0163. The number of carboxylic acid groups (broad SMARTS) is 1. The number of ketones is 1. The predicted octanol–water partition coefficient (Wildman–Crippen LogP) is 0.599. The fourth-order valence-corrected chi connectivity index (χ4v) is 2.25. The molecule has 13 heavy (non-hydrogen) atoms. The third-order valence-electron chi connectivity index (χ3n) is 2.97. The van der Waals surface area contributed by atoms with Gasteiger partial charge in [0.05, 0.1) is 5.92 Å². The quantitative estimate of drug-likeness (QED) is 0.648. The molecule has 1 heterocycles. The van der Waals surface area contributed by atoms with Crippen LogP contribution in [0.5, 0.6) is 0 Å². The number of hydrogen-bond acceptors (Lipinski definition) is 3. The Bertz CT molecular complexity index is 252. The zero-order valence-electron chi connectivity index (χ0n) is 7.28. The van der Waals surface area contributed by atoms with Crippen molar-refractivity contribution < 1.29 is 19.4 Å². The molecule has 0 radical (unpaired) electrons. The van der Waals surface area contributed by atoms with Gasteiger partial charge in [0.15, 0.2) is 5.78 Å². The van der Waals surface area contributed by atoms with Crippen LogP contribution >= 0.6 is 0 Å². The molecule has 2 fully saturated rings. The van der Waals surface area contributed by atoms with Crippen LogP contribution in [0, 0.1) is 5.92 Å². The molecule has 0 amide bonds. The van der Waals surface area contributed by atoms with Crippen molar-refractivity contribution in [2.24, 2.45) is 5.92 Å². The van der Waals surface area contributed by atoms with E-state index in [1.807, 2.05) is 0 Å². The van der Waals surface area contributed by atoms with E-state index in [-0.39, 0.29) is 12.2 Å². The maximum Gasteiger partial charge on any atom is 0.307 e. The zero-order valence-corrected chi connectivity index (χ0v) is 7.28. The molecule has 2 atom stereocenters. The molecule has 4 nitrogen and oxygen atoms in total. The second kappa shape index (κ2) is 2.80. The van der Waals surface area contributed by atoms with Crippen molar-refractivity contribution in [2.45, 2.75) is 31.3 Å². The Labute approximate surface area is 75.9 Å². The van der Waals surface area contributed by atoms with Gasteiger partial charge in [0.1, 0.15) is 5.60 Å².